The Labute approximate surface area is 118 Å². The number of nitrogens with zero attached hydrogens (tertiary/aromatic N) is 1. The van der Waals surface area contributed by atoms with Crippen molar-refractivity contribution in [2.24, 2.45) is 5.92 Å². The fourth-order valence-corrected chi connectivity index (χ4v) is 2.35. The number of amides is 1. The van der Waals surface area contributed by atoms with E-state index in [1.165, 1.54) is 12.8 Å². The molecule has 1 atom stereocenters. The summed E-state index contributed by atoms with van der Waals surface area (Å²) < 4.78 is 5.18. The van der Waals surface area contributed by atoms with E-state index >= 15 is 0 Å². The largest absolute Gasteiger partial charge is 0.497 e. The van der Waals surface area contributed by atoms with Crippen LogP contribution in [-0.2, 0) is 0 Å². The summed E-state index contributed by atoms with van der Waals surface area (Å²) in [5.74, 6) is 1.34. The van der Waals surface area contributed by atoms with Gasteiger partial charge in [0.1, 0.15) is 11.4 Å². The fraction of sp³-hybridized carbons (Fsp3) is 0.375. The first-order valence-electron chi connectivity index (χ1n) is 6.93. The SMILES string of the molecule is COc1ccc2nc(C(=O)NC(C)C3CC3)ccc2c1. The maximum absolute atomic E-state index is 12.2. The van der Waals surface area contributed by atoms with Gasteiger partial charge in [-0.05, 0) is 49.9 Å². The van der Waals surface area contributed by atoms with E-state index in [-0.39, 0.29) is 11.9 Å². The van der Waals surface area contributed by atoms with Crippen LogP contribution in [0.3, 0.4) is 0 Å². The summed E-state index contributed by atoms with van der Waals surface area (Å²) in [4.78, 5) is 16.6. The quantitative estimate of drug-likeness (QED) is 0.929. The third-order valence-corrected chi connectivity index (χ3v) is 3.82. The molecule has 3 rings (SSSR count). The summed E-state index contributed by atoms with van der Waals surface area (Å²) in [5.41, 5.74) is 1.27. The minimum atomic E-state index is -0.0953. The van der Waals surface area contributed by atoms with Crippen molar-refractivity contribution in [3.05, 3.63) is 36.0 Å². The van der Waals surface area contributed by atoms with E-state index in [4.69, 9.17) is 4.74 Å². The number of methoxy groups -OCH3 is 1. The Balaban J connectivity index is 1.82. The minimum Gasteiger partial charge on any atom is -0.497 e. The molecule has 0 bridgehead atoms. The lowest BCUT2D eigenvalue weighted by molar-refractivity contribution is 0.0931. The van der Waals surface area contributed by atoms with Crippen molar-refractivity contribution in [1.29, 1.82) is 0 Å². The number of fused-ring (bicyclic) bond motifs is 1. The Morgan fingerprint density at radius 3 is 2.85 bits per heavy atom. The van der Waals surface area contributed by atoms with Crippen LogP contribution in [0, 0.1) is 5.92 Å². The standard InChI is InChI=1S/C16H18N2O2/c1-10(11-3-4-11)17-16(19)15-7-5-12-9-13(20-2)6-8-14(12)18-15/h5-11H,3-4H2,1-2H3,(H,17,19). The summed E-state index contributed by atoms with van der Waals surface area (Å²) in [6.45, 7) is 2.06. The Bertz CT molecular complexity index is 650. The molecule has 1 fully saturated rings. The Morgan fingerprint density at radius 1 is 1.35 bits per heavy atom. The molecule has 1 saturated carbocycles. The minimum absolute atomic E-state index is 0.0953. The molecule has 104 valence electrons. The average molecular weight is 270 g/mol. The molecule has 0 radical (unpaired) electrons. The van der Waals surface area contributed by atoms with Gasteiger partial charge in [-0.15, -0.1) is 0 Å². The van der Waals surface area contributed by atoms with E-state index in [0.717, 1.165) is 16.7 Å². The van der Waals surface area contributed by atoms with Gasteiger partial charge in [0.05, 0.1) is 12.6 Å². The molecule has 1 aliphatic carbocycles. The fourth-order valence-electron chi connectivity index (χ4n) is 2.35. The lowest BCUT2D eigenvalue weighted by Crippen LogP contribution is -2.34. The number of hydrogen-bond donors (Lipinski definition) is 1. The van der Waals surface area contributed by atoms with Gasteiger partial charge in [0.2, 0.25) is 0 Å². The second-order valence-electron chi connectivity index (χ2n) is 5.35. The molecule has 1 aromatic heterocycles. The molecule has 2 aromatic rings. The van der Waals surface area contributed by atoms with E-state index in [9.17, 15) is 4.79 Å². The number of benzene rings is 1. The van der Waals surface area contributed by atoms with Crippen LogP contribution in [0.25, 0.3) is 10.9 Å². The van der Waals surface area contributed by atoms with Gasteiger partial charge >= 0.3 is 0 Å². The molecular formula is C16H18N2O2. The molecule has 1 aliphatic rings. The predicted molar refractivity (Wildman–Crippen MR) is 77.9 cm³/mol. The van der Waals surface area contributed by atoms with Crippen LogP contribution in [0.5, 0.6) is 5.75 Å². The second-order valence-corrected chi connectivity index (χ2v) is 5.35. The van der Waals surface area contributed by atoms with Gasteiger partial charge in [-0.2, -0.15) is 0 Å². The molecule has 1 amide bonds. The maximum atomic E-state index is 12.2. The first kappa shape index (κ1) is 12.9. The summed E-state index contributed by atoms with van der Waals surface area (Å²) in [6.07, 6.45) is 2.43. The molecular weight excluding hydrogens is 252 g/mol. The zero-order valence-electron chi connectivity index (χ0n) is 11.7. The average Bonchev–Trinajstić information content (AvgIpc) is 3.30. The van der Waals surface area contributed by atoms with Crippen molar-refractivity contribution < 1.29 is 9.53 Å². The molecule has 1 N–H and O–H groups in total. The monoisotopic (exact) mass is 270 g/mol. The van der Waals surface area contributed by atoms with Gasteiger partial charge in [0.15, 0.2) is 0 Å². The van der Waals surface area contributed by atoms with Gasteiger partial charge in [-0.1, -0.05) is 6.07 Å². The molecule has 0 aliphatic heterocycles. The van der Waals surface area contributed by atoms with Crippen LogP contribution in [0.1, 0.15) is 30.3 Å². The van der Waals surface area contributed by atoms with E-state index < -0.39 is 0 Å². The number of carbonyl (C=O) groups excluding carboxylic acids is 1. The van der Waals surface area contributed by atoms with Crippen molar-refractivity contribution >= 4 is 16.8 Å². The molecule has 4 nitrogen and oxygen atoms in total. The number of carbonyl (C=O) groups is 1. The molecule has 4 heteroatoms. The van der Waals surface area contributed by atoms with Crippen molar-refractivity contribution in [3.8, 4) is 5.75 Å². The van der Waals surface area contributed by atoms with Crippen LogP contribution < -0.4 is 10.1 Å². The summed E-state index contributed by atoms with van der Waals surface area (Å²) >= 11 is 0. The number of rotatable bonds is 4. The van der Waals surface area contributed by atoms with Crippen molar-refractivity contribution in [2.45, 2.75) is 25.8 Å². The van der Waals surface area contributed by atoms with E-state index in [1.54, 1.807) is 13.2 Å². The third-order valence-electron chi connectivity index (χ3n) is 3.82. The molecule has 1 aromatic carbocycles. The summed E-state index contributed by atoms with van der Waals surface area (Å²) in [7, 11) is 1.63. The van der Waals surface area contributed by atoms with E-state index in [2.05, 4.69) is 17.2 Å². The maximum Gasteiger partial charge on any atom is 0.270 e. The van der Waals surface area contributed by atoms with Crippen LogP contribution >= 0.6 is 0 Å². The highest BCUT2D eigenvalue weighted by molar-refractivity contribution is 5.95. The smallest absolute Gasteiger partial charge is 0.270 e. The highest BCUT2D eigenvalue weighted by Gasteiger charge is 2.29. The summed E-state index contributed by atoms with van der Waals surface area (Å²) in [6, 6.07) is 9.53. The van der Waals surface area contributed by atoms with Crippen molar-refractivity contribution in [2.75, 3.05) is 7.11 Å². The molecule has 1 unspecified atom stereocenters. The first-order chi connectivity index (χ1) is 9.67. The van der Waals surface area contributed by atoms with Gasteiger partial charge < -0.3 is 10.1 Å². The van der Waals surface area contributed by atoms with Gasteiger partial charge in [0.25, 0.3) is 5.91 Å². The molecule has 0 saturated heterocycles. The van der Waals surface area contributed by atoms with Crippen molar-refractivity contribution in [1.82, 2.24) is 10.3 Å². The lowest BCUT2D eigenvalue weighted by Gasteiger charge is -2.12. The number of pyridine rings is 1. The molecule has 20 heavy (non-hydrogen) atoms. The van der Waals surface area contributed by atoms with Gasteiger partial charge in [-0.25, -0.2) is 4.98 Å². The van der Waals surface area contributed by atoms with Crippen molar-refractivity contribution in [3.63, 3.8) is 0 Å². The zero-order valence-corrected chi connectivity index (χ0v) is 11.7. The van der Waals surface area contributed by atoms with E-state index in [0.29, 0.717) is 11.6 Å². The Kier molecular flexibility index (Phi) is 3.30. The molecule has 0 spiro atoms. The zero-order chi connectivity index (χ0) is 14.1. The Hall–Kier alpha value is -2.10. The van der Waals surface area contributed by atoms with Gasteiger partial charge in [-0.3, -0.25) is 4.79 Å². The second kappa shape index (κ2) is 5.12. The molecule has 1 heterocycles. The highest BCUT2D eigenvalue weighted by atomic mass is 16.5. The predicted octanol–water partition coefficient (Wildman–Crippen LogP) is 2.77. The van der Waals surface area contributed by atoms with Crippen LogP contribution in [-0.4, -0.2) is 24.0 Å². The first-order valence-corrected chi connectivity index (χ1v) is 6.93. The third kappa shape index (κ3) is 2.59. The highest BCUT2D eigenvalue weighted by Crippen LogP contribution is 2.32. The lowest BCUT2D eigenvalue weighted by atomic mass is 10.1. The van der Waals surface area contributed by atoms with Gasteiger partial charge in [0, 0.05) is 11.4 Å². The number of aromatic nitrogens is 1. The Morgan fingerprint density at radius 2 is 2.15 bits per heavy atom. The van der Waals surface area contributed by atoms with E-state index in [1.807, 2.05) is 24.3 Å². The van der Waals surface area contributed by atoms with Crippen LogP contribution in [0.2, 0.25) is 0 Å². The normalized spacial score (nSPS) is 15.9. The van der Waals surface area contributed by atoms with Crippen LogP contribution in [0.4, 0.5) is 0 Å². The van der Waals surface area contributed by atoms with Crippen LogP contribution in [0.15, 0.2) is 30.3 Å². The number of hydrogen-bond acceptors (Lipinski definition) is 3. The number of ether oxygens (including phenoxy) is 1. The summed E-state index contributed by atoms with van der Waals surface area (Å²) in [5, 5.41) is 3.99. The topological polar surface area (TPSA) is 51.2 Å². The number of nitrogens with one attached hydrogen (secondary N) is 1.